The van der Waals surface area contributed by atoms with Gasteiger partial charge in [0.1, 0.15) is 6.07 Å². The van der Waals surface area contributed by atoms with E-state index in [1.54, 1.807) is 24.3 Å². The quantitative estimate of drug-likeness (QED) is 0.481. The Balaban J connectivity index is 2.44. The van der Waals surface area contributed by atoms with Crippen LogP contribution >= 0.6 is 24.0 Å². The van der Waals surface area contributed by atoms with E-state index >= 15 is 0 Å². The highest BCUT2D eigenvalue weighted by atomic mass is 32.2. The van der Waals surface area contributed by atoms with Gasteiger partial charge in [0.15, 0.2) is 0 Å². The molecule has 0 N–H and O–H groups in total. The Labute approximate surface area is 119 Å². The normalized spacial score (nSPS) is 14.4. The van der Waals surface area contributed by atoms with Crippen LogP contribution in [-0.4, -0.2) is 9.79 Å². The number of thiocarbonyl (C=S) groups is 1. The fraction of sp³-hybridized carbons (Fsp3) is 0.0769. The van der Waals surface area contributed by atoms with Crippen molar-refractivity contribution < 1.29 is 4.92 Å². The molecule has 0 aromatic heterocycles. The molecule has 19 heavy (non-hydrogen) atoms. The Morgan fingerprint density at radius 2 is 2.16 bits per heavy atom. The van der Waals surface area contributed by atoms with Crippen LogP contribution in [0.15, 0.2) is 51.8 Å². The molecule has 1 aromatic carbocycles. The summed E-state index contributed by atoms with van der Waals surface area (Å²) in [6.07, 6.45) is 4.11. The molecule has 1 aliphatic rings. The third-order valence-corrected chi connectivity index (χ3v) is 4.22. The van der Waals surface area contributed by atoms with Gasteiger partial charge in [-0.25, -0.2) is 0 Å². The Morgan fingerprint density at radius 1 is 1.42 bits per heavy atom. The number of rotatable bonds is 3. The number of hydrogen-bond acceptors (Lipinski definition) is 5. The Morgan fingerprint density at radius 3 is 2.84 bits per heavy atom. The molecular formula is C13H8N2O2S2. The van der Waals surface area contributed by atoms with E-state index in [1.165, 1.54) is 17.8 Å². The van der Waals surface area contributed by atoms with Crippen molar-refractivity contribution in [1.82, 2.24) is 0 Å². The SMILES string of the molecule is N#CC1=C(Sc2ccccc2[N+](=O)[O-])C(=S)CC=C1. The highest BCUT2D eigenvalue weighted by Crippen LogP contribution is 2.38. The maximum absolute atomic E-state index is 11.0. The highest BCUT2D eigenvalue weighted by molar-refractivity contribution is 8.05. The molecule has 2 rings (SSSR count). The van der Waals surface area contributed by atoms with Gasteiger partial charge in [-0.3, -0.25) is 10.1 Å². The zero-order chi connectivity index (χ0) is 13.8. The molecule has 0 unspecified atom stereocenters. The predicted molar refractivity (Wildman–Crippen MR) is 77.9 cm³/mol. The molecule has 94 valence electrons. The van der Waals surface area contributed by atoms with Crippen molar-refractivity contribution in [2.24, 2.45) is 0 Å². The number of allylic oxidation sites excluding steroid dienone is 4. The average Bonchev–Trinajstić information content (AvgIpc) is 2.41. The van der Waals surface area contributed by atoms with Crippen molar-refractivity contribution >= 4 is 34.5 Å². The first-order valence-corrected chi connectivity index (χ1v) is 6.61. The van der Waals surface area contributed by atoms with Gasteiger partial charge in [0.05, 0.1) is 15.4 Å². The summed E-state index contributed by atoms with van der Waals surface area (Å²) in [4.78, 5) is 12.3. The number of para-hydroxylation sites is 1. The number of thioether (sulfide) groups is 1. The van der Waals surface area contributed by atoms with E-state index in [-0.39, 0.29) is 5.69 Å². The lowest BCUT2D eigenvalue weighted by Gasteiger charge is -2.12. The Kier molecular flexibility index (Phi) is 4.10. The van der Waals surface area contributed by atoms with Crippen molar-refractivity contribution in [1.29, 1.82) is 5.26 Å². The molecule has 0 heterocycles. The lowest BCUT2D eigenvalue weighted by Crippen LogP contribution is -2.03. The van der Waals surface area contributed by atoms with E-state index in [1.807, 2.05) is 6.08 Å². The van der Waals surface area contributed by atoms with E-state index in [9.17, 15) is 10.1 Å². The number of hydrogen-bond donors (Lipinski definition) is 0. The summed E-state index contributed by atoms with van der Waals surface area (Å²) in [7, 11) is 0. The largest absolute Gasteiger partial charge is 0.283 e. The van der Waals surface area contributed by atoms with Crippen molar-refractivity contribution in [3.05, 3.63) is 57.0 Å². The number of nitro groups is 1. The molecule has 0 atom stereocenters. The minimum Gasteiger partial charge on any atom is -0.258 e. The van der Waals surface area contributed by atoms with Crippen molar-refractivity contribution in [2.75, 3.05) is 0 Å². The first-order chi connectivity index (χ1) is 9.13. The number of nitriles is 1. The lowest BCUT2D eigenvalue weighted by molar-refractivity contribution is -0.387. The number of benzene rings is 1. The van der Waals surface area contributed by atoms with Crippen LogP contribution in [0.3, 0.4) is 0 Å². The smallest absolute Gasteiger partial charge is 0.258 e. The van der Waals surface area contributed by atoms with Crippen molar-refractivity contribution in [3.63, 3.8) is 0 Å². The van der Waals surface area contributed by atoms with E-state index in [0.29, 0.717) is 26.7 Å². The van der Waals surface area contributed by atoms with Crippen molar-refractivity contribution in [2.45, 2.75) is 11.3 Å². The monoisotopic (exact) mass is 288 g/mol. The number of nitro benzene ring substituents is 1. The zero-order valence-electron chi connectivity index (χ0n) is 9.70. The average molecular weight is 288 g/mol. The van der Waals surface area contributed by atoms with E-state index in [0.717, 1.165) is 0 Å². The minimum absolute atomic E-state index is 0.0228. The van der Waals surface area contributed by atoms with E-state index in [2.05, 4.69) is 6.07 Å². The van der Waals surface area contributed by atoms with Crippen LogP contribution in [0.25, 0.3) is 0 Å². The van der Waals surface area contributed by atoms with Crippen LogP contribution in [0.4, 0.5) is 5.69 Å². The first-order valence-electron chi connectivity index (χ1n) is 5.39. The van der Waals surface area contributed by atoms with Gasteiger partial charge >= 0.3 is 0 Å². The fourth-order valence-corrected chi connectivity index (χ4v) is 2.97. The molecule has 0 amide bonds. The van der Waals surface area contributed by atoms with Crippen LogP contribution in [0.1, 0.15) is 6.42 Å². The van der Waals surface area contributed by atoms with Gasteiger partial charge in [-0.15, -0.1) is 0 Å². The molecule has 0 fully saturated rings. The highest BCUT2D eigenvalue weighted by Gasteiger charge is 2.20. The van der Waals surface area contributed by atoms with Gasteiger partial charge in [-0.1, -0.05) is 42.2 Å². The predicted octanol–water partition coefficient (Wildman–Crippen LogP) is 3.79. The van der Waals surface area contributed by atoms with Gasteiger partial charge in [-0.05, 0) is 12.1 Å². The van der Waals surface area contributed by atoms with Gasteiger partial charge in [0, 0.05) is 22.3 Å². The van der Waals surface area contributed by atoms with Gasteiger partial charge < -0.3 is 0 Å². The van der Waals surface area contributed by atoms with Crippen LogP contribution < -0.4 is 0 Å². The van der Waals surface area contributed by atoms with E-state index < -0.39 is 4.92 Å². The third kappa shape index (κ3) is 2.89. The van der Waals surface area contributed by atoms with Crippen LogP contribution in [0, 0.1) is 21.4 Å². The molecule has 1 aromatic rings. The molecule has 1 aliphatic carbocycles. The molecule has 0 radical (unpaired) electrons. The van der Waals surface area contributed by atoms with Gasteiger partial charge in [0.25, 0.3) is 5.69 Å². The third-order valence-electron chi connectivity index (χ3n) is 2.48. The molecule has 0 spiro atoms. The topological polar surface area (TPSA) is 66.9 Å². The summed E-state index contributed by atoms with van der Waals surface area (Å²) < 4.78 is 0. The summed E-state index contributed by atoms with van der Waals surface area (Å²) in [6.45, 7) is 0. The molecule has 6 heteroatoms. The second-order valence-electron chi connectivity index (χ2n) is 3.71. The number of nitrogens with zero attached hydrogens (tertiary/aromatic N) is 2. The summed E-state index contributed by atoms with van der Waals surface area (Å²) >= 11 is 6.41. The minimum atomic E-state index is -0.434. The van der Waals surface area contributed by atoms with Crippen molar-refractivity contribution in [3.8, 4) is 6.07 Å². The molecule has 0 saturated carbocycles. The van der Waals surface area contributed by atoms with Crippen LogP contribution in [0.5, 0.6) is 0 Å². The fourth-order valence-electron chi connectivity index (χ4n) is 1.61. The maximum atomic E-state index is 11.0. The summed E-state index contributed by atoms with van der Waals surface area (Å²) in [5.41, 5.74) is 0.481. The molecule has 0 aliphatic heterocycles. The maximum Gasteiger partial charge on any atom is 0.283 e. The van der Waals surface area contributed by atoms with Gasteiger partial charge in [0.2, 0.25) is 0 Å². The van der Waals surface area contributed by atoms with Crippen LogP contribution in [-0.2, 0) is 0 Å². The molecule has 0 saturated heterocycles. The Hall–Kier alpha value is -1.97. The second-order valence-corrected chi connectivity index (χ2v) is 5.26. The molecule has 4 nitrogen and oxygen atoms in total. The summed E-state index contributed by atoms with van der Waals surface area (Å²) in [6, 6.07) is 8.51. The van der Waals surface area contributed by atoms with Crippen LogP contribution in [0.2, 0.25) is 0 Å². The second kappa shape index (κ2) is 5.78. The molecule has 0 bridgehead atoms. The summed E-state index contributed by atoms with van der Waals surface area (Å²) in [5.74, 6) is 0. The standard InChI is InChI=1S/C13H8N2O2S2/c14-8-9-4-3-6-11(18)13(9)19-12-7-2-1-5-10(12)15(16)17/h1-5,7H,6H2. The van der Waals surface area contributed by atoms with Gasteiger partial charge in [-0.2, -0.15) is 5.26 Å². The Bertz CT molecular complexity index is 657. The van der Waals surface area contributed by atoms with E-state index in [4.69, 9.17) is 17.5 Å². The lowest BCUT2D eigenvalue weighted by atomic mass is 10.1. The summed E-state index contributed by atoms with van der Waals surface area (Å²) in [5, 5.41) is 20.0. The molecular weight excluding hydrogens is 280 g/mol. The zero-order valence-corrected chi connectivity index (χ0v) is 11.3. The first kappa shape index (κ1) is 13.5.